The number of hydrogen-bond donors (Lipinski definition) is 1. The highest BCUT2D eigenvalue weighted by atomic mass is 32.1. The Labute approximate surface area is 132 Å². The summed E-state index contributed by atoms with van der Waals surface area (Å²) in [5.74, 6) is 1.82. The number of hydrogen-bond acceptors (Lipinski definition) is 6. The zero-order valence-electron chi connectivity index (χ0n) is 12.5. The molecule has 0 radical (unpaired) electrons. The molecule has 0 saturated heterocycles. The van der Waals surface area contributed by atoms with Crippen LogP contribution < -0.4 is 19.9 Å². The highest BCUT2D eigenvalue weighted by molar-refractivity contribution is 7.22. The van der Waals surface area contributed by atoms with Crippen LogP contribution in [0.15, 0.2) is 30.3 Å². The summed E-state index contributed by atoms with van der Waals surface area (Å²) in [5, 5.41) is 0.567. The lowest BCUT2D eigenvalue weighted by molar-refractivity contribution is 0.324. The van der Waals surface area contributed by atoms with E-state index in [1.807, 2.05) is 30.3 Å². The zero-order chi connectivity index (χ0) is 15.7. The molecule has 2 aromatic carbocycles. The topological polar surface area (TPSA) is 66.6 Å². The van der Waals surface area contributed by atoms with Gasteiger partial charge in [0.15, 0.2) is 16.6 Å². The molecule has 1 heterocycles. The molecule has 0 aliphatic heterocycles. The lowest BCUT2D eigenvalue weighted by Gasteiger charge is -2.14. The number of rotatable bonds is 4. The summed E-state index contributed by atoms with van der Waals surface area (Å²) in [4.78, 5) is 4.33. The third-order valence-corrected chi connectivity index (χ3v) is 4.27. The van der Waals surface area contributed by atoms with Crippen LogP contribution in [0.4, 0.5) is 5.13 Å². The third kappa shape index (κ3) is 2.42. The fraction of sp³-hybridized carbons (Fsp3) is 0.188. The van der Waals surface area contributed by atoms with Crippen LogP contribution in [0.3, 0.4) is 0 Å². The first-order valence-corrected chi connectivity index (χ1v) is 7.44. The summed E-state index contributed by atoms with van der Waals surface area (Å²) in [6.45, 7) is 0. The molecule has 3 aromatic rings. The molecular weight excluding hydrogens is 300 g/mol. The summed E-state index contributed by atoms with van der Waals surface area (Å²) in [7, 11) is 4.79. The molecule has 0 saturated carbocycles. The predicted octanol–water partition coefficient (Wildman–Crippen LogP) is 3.57. The van der Waals surface area contributed by atoms with Crippen molar-refractivity contribution in [3.8, 4) is 28.4 Å². The first-order chi connectivity index (χ1) is 10.7. The minimum atomic E-state index is 0.567. The Bertz CT molecular complexity index is 804. The van der Waals surface area contributed by atoms with Crippen LogP contribution in [0.2, 0.25) is 0 Å². The van der Waals surface area contributed by atoms with Crippen LogP contribution >= 0.6 is 11.3 Å². The molecule has 0 amide bonds. The van der Waals surface area contributed by atoms with E-state index in [1.165, 1.54) is 11.3 Å². The predicted molar refractivity (Wildman–Crippen MR) is 89.1 cm³/mol. The maximum absolute atomic E-state index is 5.76. The Morgan fingerprint density at radius 3 is 2.18 bits per heavy atom. The normalized spacial score (nSPS) is 10.7. The Balaban J connectivity index is 2.16. The van der Waals surface area contributed by atoms with E-state index in [1.54, 1.807) is 21.3 Å². The first-order valence-electron chi connectivity index (χ1n) is 6.62. The molecule has 0 aliphatic rings. The van der Waals surface area contributed by atoms with E-state index in [0.29, 0.717) is 22.4 Å². The van der Waals surface area contributed by atoms with Gasteiger partial charge < -0.3 is 19.9 Å². The molecule has 0 aliphatic carbocycles. The highest BCUT2D eigenvalue weighted by Crippen LogP contribution is 2.41. The number of anilines is 1. The molecule has 6 heteroatoms. The summed E-state index contributed by atoms with van der Waals surface area (Å²) in [6, 6.07) is 9.88. The number of nitrogens with two attached hydrogens (primary N) is 1. The Kier molecular flexibility index (Phi) is 3.77. The molecule has 2 N–H and O–H groups in total. The van der Waals surface area contributed by atoms with Crippen molar-refractivity contribution in [3.05, 3.63) is 30.3 Å². The smallest absolute Gasteiger partial charge is 0.203 e. The molecule has 114 valence electrons. The van der Waals surface area contributed by atoms with Gasteiger partial charge in [0.25, 0.3) is 0 Å². The van der Waals surface area contributed by atoms with Gasteiger partial charge in [0, 0.05) is 0 Å². The average molecular weight is 316 g/mol. The standard InChI is InChI=1S/C16H16N2O3S/c1-19-12-7-10(8-13(20-2)15(12)21-3)9-4-5-14-11(6-9)18-16(17)22-14/h4-8H,1-3H3,(H2,17,18). The molecule has 1 aromatic heterocycles. The van der Waals surface area contributed by atoms with Crippen molar-refractivity contribution in [1.29, 1.82) is 0 Å². The second-order valence-corrected chi connectivity index (χ2v) is 5.71. The van der Waals surface area contributed by atoms with Gasteiger partial charge >= 0.3 is 0 Å². The number of nitrogens with zero attached hydrogens (tertiary/aromatic N) is 1. The molecule has 0 bridgehead atoms. The zero-order valence-corrected chi connectivity index (χ0v) is 13.4. The molecule has 5 nitrogen and oxygen atoms in total. The molecular formula is C16H16N2O3S. The fourth-order valence-electron chi connectivity index (χ4n) is 2.37. The van der Waals surface area contributed by atoms with Gasteiger partial charge in [0.1, 0.15) is 0 Å². The lowest BCUT2D eigenvalue weighted by atomic mass is 10.0. The third-order valence-electron chi connectivity index (χ3n) is 3.40. The second kappa shape index (κ2) is 5.73. The quantitative estimate of drug-likeness (QED) is 0.797. The summed E-state index contributed by atoms with van der Waals surface area (Å²) >= 11 is 1.47. The second-order valence-electron chi connectivity index (χ2n) is 4.65. The Morgan fingerprint density at radius 1 is 0.909 bits per heavy atom. The number of ether oxygens (including phenoxy) is 3. The molecule has 0 unspecified atom stereocenters. The maximum atomic E-state index is 5.76. The summed E-state index contributed by atoms with van der Waals surface area (Å²) in [5.41, 5.74) is 8.61. The van der Waals surface area contributed by atoms with Gasteiger partial charge in [-0.1, -0.05) is 17.4 Å². The van der Waals surface area contributed by atoms with E-state index < -0.39 is 0 Å². The van der Waals surface area contributed by atoms with Gasteiger partial charge in [0.05, 0.1) is 31.5 Å². The molecule has 22 heavy (non-hydrogen) atoms. The minimum absolute atomic E-state index is 0.567. The van der Waals surface area contributed by atoms with Gasteiger partial charge in [-0.25, -0.2) is 4.98 Å². The number of benzene rings is 2. The number of nitrogen functional groups attached to an aromatic ring is 1. The van der Waals surface area contributed by atoms with Gasteiger partial charge in [-0.2, -0.15) is 0 Å². The van der Waals surface area contributed by atoms with Gasteiger partial charge in [-0.15, -0.1) is 0 Å². The highest BCUT2D eigenvalue weighted by Gasteiger charge is 2.14. The number of thiazole rings is 1. The van der Waals surface area contributed by atoms with Crippen molar-refractivity contribution in [2.45, 2.75) is 0 Å². The average Bonchev–Trinajstić information content (AvgIpc) is 2.92. The van der Waals surface area contributed by atoms with Gasteiger partial charge in [-0.3, -0.25) is 0 Å². The van der Waals surface area contributed by atoms with Crippen molar-refractivity contribution in [3.63, 3.8) is 0 Å². The fourth-order valence-corrected chi connectivity index (χ4v) is 3.09. The van der Waals surface area contributed by atoms with Crippen molar-refractivity contribution in [2.24, 2.45) is 0 Å². The number of fused-ring (bicyclic) bond motifs is 1. The van der Waals surface area contributed by atoms with Crippen LogP contribution in [-0.2, 0) is 0 Å². The lowest BCUT2D eigenvalue weighted by Crippen LogP contribution is -1.95. The van der Waals surface area contributed by atoms with Crippen molar-refractivity contribution in [1.82, 2.24) is 4.98 Å². The van der Waals surface area contributed by atoms with Gasteiger partial charge in [0.2, 0.25) is 5.75 Å². The Hall–Kier alpha value is -2.47. The maximum Gasteiger partial charge on any atom is 0.203 e. The number of aromatic nitrogens is 1. The van der Waals surface area contributed by atoms with Crippen molar-refractivity contribution < 1.29 is 14.2 Å². The first kappa shape index (κ1) is 14.5. The van der Waals surface area contributed by atoms with Crippen molar-refractivity contribution in [2.75, 3.05) is 27.1 Å². The molecule has 3 rings (SSSR count). The van der Waals surface area contributed by atoms with Crippen molar-refractivity contribution >= 4 is 26.7 Å². The van der Waals surface area contributed by atoms with E-state index in [9.17, 15) is 0 Å². The van der Waals surface area contributed by atoms with Gasteiger partial charge in [-0.05, 0) is 35.4 Å². The monoisotopic (exact) mass is 316 g/mol. The van der Waals surface area contributed by atoms with Crippen LogP contribution in [0.5, 0.6) is 17.2 Å². The van der Waals surface area contributed by atoms with E-state index in [0.717, 1.165) is 21.3 Å². The Morgan fingerprint density at radius 2 is 1.59 bits per heavy atom. The molecule has 0 spiro atoms. The van der Waals surface area contributed by atoms with Crippen LogP contribution in [0, 0.1) is 0 Å². The van der Waals surface area contributed by atoms with E-state index >= 15 is 0 Å². The van der Waals surface area contributed by atoms with Crippen LogP contribution in [-0.4, -0.2) is 26.3 Å². The molecule has 0 fully saturated rings. The van der Waals surface area contributed by atoms with E-state index in [2.05, 4.69) is 4.98 Å². The minimum Gasteiger partial charge on any atom is -0.493 e. The SMILES string of the molecule is COc1cc(-c2ccc3sc(N)nc3c2)cc(OC)c1OC. The van der Waals surface area contributed by atoms with Crippen LogP contribution in [0.1, 0.15) is 0 Å². The molecule has 0 atom stereocenters. The van der Waals surface area contributed by atoms with E-state index in [-0.39, 0.29) is 0 Å². The number of methoxy groups -OCH3 is 3. The summed E-state index contributed by atoms with van der Waals surface area (Å²) in [6.07, 6.45) is 0. The largest absolute Gasteiger partial charge is 0.493 e. The summed E-state index contributed by atoms with van der Waals surface area (Å²) < 4.78 is 17.2. The van der Waals surface area contributed by atoms with E-state index in [4.69, 9.17) is 19.9 Å². The van der Waals surface area contributed by atoms with Crippen LogP contribution in [0.25, 0.3) is 21.3 Å².